The highest BCUT2D eigenvalue weighted by Gasteiger charge is 2.18. The Morgan fingerprint density at radius 1 is 1.19 bits per heavy atom. The molecule has 0 unspecified atom stereocenters. The highest BCUT2D eigenvalue weighted by molar-refractivity contribution is 5.72. The molecule has 0 aliphatic carbocycles. The number of aliphatic hydroxyl groups is 1. The molecule has 5 nitrogen and oxygen atoms in total. The van der Waals surface area contributed by atoms with Gasteiger partial charge in [-0.3, -0.25) is 10.1 Å². The van der Waals surface area contributed by atoms with Gasteiger partial charge in [-0.2, -0.15) is 0 Å². The summed E-state index contributed by atoms with van der Waals surface area (Å²) >= 11 is 0. The Bertz CT molecular complexity index is 651. The van der Waals surface area contributed by atoms with Gasteiger partial charge in [-0.1, -0.05) is 12.1 Å². The maximum Gasteiger partial charge on any atom is 0.295 e. The van der Waals surface area contributed by atoms with Gasteiger partial charge in [-0.25, -0.2) is 0 Å². The molecule has 2 N–H and O–H groups in total. The molecule has 0 radical (unpaired) electrons. The number of hydrogen-bond acceptors (Lipinski definition) is 4. The summed E-state index contributed by atoms with van der Waals surface area (Å²) in [5.41, 5.74) is 4.01. The number of aliphatic hydroxyl groups excluding tert-OH is 1. The van der Waals surface area contributed by atoms with E-state index in [0.717, 1.165) is 16.8 Å². The SMILES string of the molecule is Cc1cc(C)c([N+](=O)[O-])c(Nc2ccc(CCO)cc2)c1. The van der Waals surface area contributed by atoms with Crippen LogP contribution < -0.4 is 5.32 Å². The number of benzene rings is 2. The average molecular weight is 286 g/mol. The summed E-state index contributed by atoms with van der Waals surface area (Å²) < 4.78 is 0. The minimum atomic E-state index is -0.364. The molecule has 0 spiro atoms. The summed E-state index contributed by atoms with van der Waals surface area (Å²) in [5, 5.41) is 23.2. The molecule has 2 aromatic rings. The second-order valence-corrected chi connectivity index (χ2v) is 5.03. The highest BCUT2D eigenvalue weighted by atomic mass is 16.6. The molecule has 0 bridgehead atoms. The number of nitrogens with zero attached hydrogens (tertiary/aromatic N) is 1. The van der Waals surface area contributed by atoms with E-state index in [1.165, 1.54) is 0 Å². The van der Waals surface area contributed by atoms with Crippen LogP contribution in [0.15, 0.2) is 36.4 Å². The van der Waals surface area contributed by atoms with Gasteiger partial charge in [0.25, 0.3) is 5.69 Å². The van der Waals surface area contributed by atoms with E-state index in [1.807, 2.05) is 31.2 Å². The molecule has 2 aromatic carbocycles. The van der Waals surface area contributed by atoms with Crippen LogP contribution in [0.5, 0.6) is 0 Å². The fourth-order valence-electron chi connectivity index (χ4n) is 2.34. The van der Waals surface area contributed by atoms with Gasteiger partial charge >= 0.3 is 0 Å². The monoisotopic (exact) mass is 286 g/mol. The Hall–Kier alpha value is -2.40. The lowest BCUT2D eigenvalue weighted by atomic mass is 10.1. The normalized spacial score (nSPS) is 10.4. The number of nitro benzene ring substituents is 1. The van der Waals surface area contributed by atoms with Crippen LogP contribution in [0.1, 0.15) is 16.7 Å². The Kier molecular flexibility index (Phi) is 4.55. The number of rotatable bonds is 5. The van der Waals surface area contributed by atoms with Crippen molar-refractivity contribution in [1.29, 1.82) is 0 Å². The first-order chi connectivity index (χ1) is 10.0. The second-order valence-electron chi connectivity index (χ2n) is 5.03. The summed E-state index contributed by atoms with van der Waals surface area (Å²) in [6.07, 6.45) is 0.601. The summed E-state index contributed by atoms with van der Waals surface area (Å²) in [7, 11) is 0. The summed E-state index contributed by atoms with van der Waals surface area (Å²) in [6, 6.07) is 11.1. The van der Waals surface area contributed by atoms with E-state index >= 15 is 0 Å². The number of aryl methyl sites for hydroxylation is 2. The standard InChI is InChI=1S/C16H18N2O3/c1-11-9-12(2)16(18(20)21)15(10-11)17-14-5-3-13(4-6-14)7-8-19/h3-6,9-10,17,19H,7-8H2,1-2H3. The van der Waals surface area contributed by atoms with E-state index in [0.29, 0.717) is 17.7 Å². The highest BCUT2D eigenvalue weighted by Crippen LogP contribution is 2.32. The first-order valence-corrected chi connectivity index (χ1v) is 6.73. The van der Waals surface area contributed by atoms with E-state index in [1.54, 1.807) is 19.1 Å². The molecule has 0 aromatic heterocycles. The van der Waals surface area contributed by atoms with Crippen LogP contribution in [0.25, 0.3) is 0 Å². The lowest BCUT2D eigenvalue weighted by Crippen LogP contribution is -2.00. The fourth-order valence-corrected chi connectivity index (χ4v) is 2.34. The van der Waals surface area contributed by atoms with Crippen molar-refractivity contribution in [2.45, 2.75) is 20.3 Å². The van der Waals surface area contributed by atoms with E-state index in [4.69, 9.17) is 5.11 Å². The van der Waals surface area contributed by atoms with Gasteiger partial charge in [-0.05, 0) is 55.7 Å². The maximum absolute atomic E-state index is 11.2. The maximum atomic E-state index is 11.2. The van der Waals surface area contributed by atoms with Crippen molar-refractivity contribution in [2.24, 2.45) is 0 Å². The van der Waals surface area contributed by atoms with Crippen molar-refractivity contribution in [1.82, 2.24) is 0 Å². The van der Waals surface area contributed by atoms with Crippen LogP contribution in [-0.2, 0) is 6.42 Å². The minimum Gasteiger partial charge on any atom is -0.396 e. The number of anilines is 2. The van der Waals surface area contributed by atoms with E-state index in [9.17, 15) is 10.1 Å². The minimum absolute atomic E-state index is 0.0973. The van der Waals surface area contributed by atoms with Crippen molar-refractivity contribution in [3.8, 4) is 0 Å². The van der Waals surface area contributed by atoms with Gasteiger partial charge in [0, 0.05) is 17.9 Å². The van der Waals surface area contributed by atoms with Gasteiger partial charge in [0.05, 0.1) is 4.92 Å². The fraction of sp³-hybridized carbons (Fsp3) is 0.250. The molecule has 0 atom stereocenters. The molecule has 0 saturated heterocycles. The molecule has 0 heterocycles. The lowest BCUT2D eigenvalue weighted by molar-refractivity contribution is -0.384. The van der Waals surface area contributed by atoms with E-state index < -0.39 is 0 Å². The third-order valence-corrected chi connectivity index (χ3v) is 3.26. The Morgan fingerprint density at radius 2 is 1.86 bits per heavy atom. The molecule has 5 heteroatoms. The van der Waals surface area contributed by atoms with Crippen molar-refractivity contribution in [3.63, 3.8) is 0 Å². The molecule has 110 valence electrons. The molecular weight excluding hydrogens is 268 g/mol. The zero-order valence-corrected chi connectivity index (χ0v) is 12.1. The van der Waals surface area contributed by atoms with Gasteiger partial charge in [0.2, 0.25) is 0 Å². The van der Waals surface area contributed by atoms with Gasteiger partial charge in [0.1, 0.15) is 5.69 Å². The molecule has 0 amide bonds. The molecule has 0 aliphatic rings. The third kappa shape index (κ3) is 3.58. The van der Waals surface area contributed by atoms with E-state index in [2.05, 4.69) is 5.32 Å². The van der Waals surface area contributed by atoms with Crippen molar-refractivity contribution in [2.75, 3.05) is 11.9 Å². The summed E-state index contributed by atoms with van der Waals surface area (Å²) in [6.45, 7) is 3.75. The molecule has 0 aliphatic heterocycles. The topological polar surface area (TPSA) is 75.4 Å². The van der Waals surface area contributed by atoms with Crippen molar-refractivity contribution in [3.05, 3.63) is 63.2 Å². The molecule has 2 rings (SSSR count). The van der Waals surface area contributed by atoms with Crippen LogP contribution in [0.3, 0.4) is 0 Å². The molecule has 0 fully saturated rings. The van der Waals surface area contributed by atoms with Crippen molar-refractivity contribution < 1.29 is 10.0 Å². The predicted octanol–water partition coefficient (Wildman–Crippen LogP) is 3.49. The quantitative estimate of drug-likeness (QED) is 0.651. The van der Waals surface area contributed by atoms with Gasteiger partial charge in [0.15, 0.2) is 0 Å². The second kappa shape index (κ2) is 6.37. The first kappa shape index (κ1) is 15.0. The summed E-state index contributed by atoms with van der Waals surface area (Å²) in [4.78, 5) is 10.9. The van der Waals surface area contributed by atoms with Crippen LogP contribution >= 0.6 is 0 Å². The van der Waals surface area contributed by atoms with Crippen LogP contribution in [0, 0.1) is 24.0 Å². The van der Waals surface area contributed by atoms with Gasteiger partial charge < -0.3 is 10.4 Å². The van der Waals surface area contributed by atoms with E-state index in [-0.39, 0.29) is 17.2 Å². The van der Waals surface area contributed by atoms with Gasteiger partial charge in [-0.15, -0.1) is 0 Å². The number of nitro groups is 1. The molecular formula is C16H18N2O3. The Morgan fingerprint density at radius 3 is 2.43 bits per heavy atom. The zero-order valence-electron chi connectivity index (χ0n) is 12.1. The Balaban J connectivity index is 2.32. The van der Waals surface area contributed by atoms with Crippen molar-refractivity contribution >= 4 is 17.1 Å². The first-order valence-electron chi connectivity index (χ1n) is 6.73. The number of hydrogen-bond donors (Lipinski definition) is 2. The zero-order chi connectivity index (χ0) is 15.4. The lowest BCUT2D eigenvalue weighted by Gasteiger charge is -2.10. The van der Waals surface area contributed by atoms with Crippen LogP contribution in [0.2, 0.25) is 0 Å². The molecule has 21 heavy (non-hydrogen) atoms. The Labute approximate surface area is 123 Å². The number of nitrogens with one attached hydrogen (secondary N) is 1. The average Bonchev–Trinajstić information content (AvgIpc) is 2.40. The van der Waals surface area contributed by atoms with Crippen LogP contribution in [-0.4, -0.2) is 16.6 Å². The summed E-state index contributed by atoms with van der Waals surface area (Å²) in [5.74, 6) is 0. The smallest absolute Gasteiger partial charge is 0.295 e. The predicted molar refractivity (Wildman–Crippen MR) is 83.1 cm³/mol. The third-order valence-electron chi connectivity index (χ3n) is 3.26. The largest absolute Gasteiger partial charge is 0.396 e. The molecule has 0 saturated carbocycles. The van der Waals surface area contributed by atoms with Crippen LogP contribution in [0.4, 0.5) is 17.1 Å².